The van der Waals surface area contributed by atoms with E-state index in [1.165, 1.54) is 27.1 Å². The summed E-state index contributed by atoms with van der Waals surface area (Å²) in [5.74, 6) is 3.68. The first-order chi connectivity index (χ1) is 64.8. The van der Waals surface area contributed by atoms with Crippen molar-refractivity contribution in [3.05, 3.63) is 218 Å². The van der Waals surface area contributed by atoms with Gasteiger partial charge in [-0.25, -0.2) is 34.3 Å². The molecule has 748 valence electrons. The molecule has 27 nitrogen and oxygen atoms in total. The summed E-state index contributed by atoms with van der Waals surface area (Å²) < 4.78 is 24.4. The summed E-state index contributed by atoms with van der Waals surface area (Å²) in [4.78, 5) is 140. The van der Waals surface area contributed by atoms with E-state index in [1.807, 2.05) is 97.5 Å². The number of halogens is 11. The number of aromatic amines is 1. The van der Waals surface area contributed by atoms with Gasteiger partial charge in [-0.05, 0) is 255 Å². The summed E-state index contributed by atoms with van der Waals surface area (Å²) in [6, 6.07) is 35.4. The molecule has 4 aromatic heterocycles. The SMILES string of the molecule is C.CC(C)(C)OC(=O)N1CCC(c2nc3cc(Cl)c(Cl)cc3[nH]2)CC1.CC(C)(C)OC(=O)N1CCC(c2nc3cc(Cl)c(Cl)cc3n2CCCCCI)CC1.CC(C)(C)OC(=O)N1CCC(c2nc3cc(Cl)c(Cl)cc3n2CCCCN2C(=O)c3ccccc3C2=O)CC1.Cl.Cl.O=C1NC(=O)c2ccccc21.O=C1c2ccccc2C(=O)N1CCCCn1c(C2CCNCC2)nc2cc(Cl)c(Cl)cc21.[H-].[Na+]. The van der Waals surface area contributed by atoms with Crippen LogP contribution in [0.15, 0.2) is 121 Å². The Morgan fingerprint density at radius 2 is 0.657 bits per heavy atom. The molecule has 140 heavy (non-hydrogen) atoms. The third-order valence-electron chi connectivity index (χ3n) is 24.7. The number of amides is 9. The number of ether oxygens (including phenoxy) is 3. The van der Waals surface area contributed by atoms with Crippen LogP contribution in [0.1, 0.15) is 277 Å². The van der Waals surface area contributed by atoms with E-state index in [0.29, 0.717) is 151 Å². The second kappa shape index (κ2) is 50.4. The number of nitrogens with one attached hydrogen (secondary N) is 3. The topological polar surface area (TPSA) is 304 Å². The number of hydrogen-bond donors (Lipinski definition) is 3. The van der Waals surface area contributed by atoms with E-state index in [1.54, 1.807) is 101 Å². The largest absolute Gasteiger partial charge is 1.00 e. The number of alkyl halides is 1. The molecule has 0 spiro atoms. The molecule has 0 radical (unpaired) electrons. The standard InChI is InChI=1S/C29H32Cl2N4O4.C24H24Cl2N4O2.C22H30Cl2IN3O2.C17H21Cl2N3O2.C8H5NO2.CH4.2ClH.Na.H/c1-29(2,3)39-28(38)33-14-10-18(11-15-33)25-32-23-16-21(30)22(31)17-24(23)34(25)12-6-7-13-35-26(36)19-8-4-5-9-20(19)27(35)37;25-18-13-20-21(14-19(18)26)29(22(28-20)15-7-9-27-10-8-15)11-3-4-12-30-23(31)16-5-1-2-6-17(16)24(30)32;1-22(2,3)30-21(29)27-11-7-15(8-12-27)20-26-18-13-16(23)17(24)14-19(18)28(20)10-6-4-5-9-25;1-17(2,3)24-16(23)22-6-4-10(5-7-22)15-20-13-8-11(18)12(19)9-14(13)21-15;10-7-5-3-1-2-4-6(5)8(11)9-7;;;;;/h4-5,8-9,16-18H,6-7,10-15H2,1-3H3;1-2,5-6,13-15,27H,3-4,7-12H2;13-15H,4-12H2,1-3H3;8-10H,4-7H2,1-3H3,(H,20,21);1-4H,(H,9,10,11);1H4;2*1H;;/q;;;;;;;;+1;-1. The summed E-state index contributed by atoms with van der Waals surface area (Å²) in [6.07, 6.45) is 12.7. The number of likely N-dealkylation sites (tertiary alicyclic amines) is 3. The van der Waals surface area contributed by atoms with Crippen LogP contribution < -0.4 is 40.2 Å². The van der Waals surface area contributed by atoms with Crippen LogP contribution in [0.3, 0.4) is 0 Å². The van der Waals surface area contributed by atoms with Crippen LogP contribution in [-0.2, 0) is 33.8 Å². The van der Waals surface area contributed by atoms with Crippen LogP contribution >= 0.6 is 140 Å². The van der Waals surface area contributed by atoms with Crippen LogP contribution in [0.5, 0.6) is 0 Å². The van der Waals surface area contributed by atoms with Crippen molar-refractivity contribution < 1.29 is 88.3 Å². The summed E-state index contributed by atoms with van der Waals surface area (Å²) >= 11 is 52.3. The van der Waals surface area contributed by atoms with Gasteiger partial charge in [-0.2, -0.15) is 0 Å². The zero-order chi connectivity index (χ0) is 97.4. The predicted molar refractivity (Wildman–Crippen MR) is 565 cm³/mol. The fourth-order valence-corrected chi connectivity index (χ4v) is 19.7. The van der Waals surface area contributed by atoms with Crippen LogP contribution in [0.2, 0.25) is 40.2 Å². The maximum absolute atomic E-state index is 12.7. The molecule has 39 heteroatoms. The molecule has 4 fully saturated rings. The molecule has 7 aromatic carbocycles. The average Bonchev–Trinajstić information content (AvgIpc) is 1.61. The molecule has 0 bridgehead atoms. The Balaban J connectivity index is 0.000000202. The van der Waals surface area contributed by atoms with Gasteiger partial charge in [-0.15, -0.1) is 24.8 Å². The summed E-state index contributed by atoms with van der Waals surface area (Å²) in [6.45, 7) is 25.8. The first kappa shape index (κ1) is 114. The van der Waals surface area contributed by atoms with Crippen molar-refractivity contribution >= 4 is 238 Å². The average molecular weight is 2240 g/mol. The van der Waals surface area contributed by atoms with Crippen molar-refractivity contribution in [1.29, 1.82) is 0 Å². The molecule has 7 aliphatic rings. The van der Waals surface area contributed by atoms with Gasteiger partial charge in [-0.1, -0.05) is 166 Å². The third-order valence-corrected chi connectivity index (χ3v) is 28.4. The number of aryl methyl sites for hydroxylation is 3. The van der Waals surface area contributed by atoms with Crippen molar-refractivity contribution in [2.75, 3.05) is 69.9 Å². The number of unbranched alkanes of at least 4 members (excludes halogenated alkanes) is 4. The Hall–Kier alpha value is -7.76. The van der Waals surface area contributed by atoms with E-state index in [0.717, 1.165) is 171 Å². The number of aromatic nitrogens is 8. The first-order valence-corrected chi connectivity index (χ1v) is 50.8. The second-order valence-electron chi connectivity index (χ2n) is 37.9. The minimum Gasteiger partial charge on any atom is -1.00 e. The number of piperidine rings is 4. The first-order valence-electron chi connectivity index (χ1n) is 46.2. The van der Waals surface area contributed by atoms with Gasteiger partial charge < -0.3 is 54.3 Å². The number of H-pyrrole nitrogens is 1. The van der Waals surface area contributed by atoms with E-state index in [2.05, 4.69) is 56.9 Å². The molecule has 0 unspecified atom stereocenters. The molecule has 7 aliphatic heterocycles. The number of nitrogens with zero attached hydrogens (tertiary/aromatic N) is 12. The fraction of sp³-hybridized carbons (Fsp3) is 0.455. The normalized spacial score (nSPS) is 15.8. The van der Waals surface area contributed by atoms with Crippen LogP contribution in [0.4, 0.5) is 14.4 Å². The smallest absolute Gasteiger partial charge is 1.00 e. The van der Waals surface area contributed by atoms with E-state index < -0.39 is 16.8 Å². The van der Waals surface area contributed by atoms with Crippen molar-refractivity contribution in [3.8, 4) is 0 Å². The zero-order valence-electron chi connectivity index (χ0n) is 80.3. The van der Waals surface area contributed by atoms with Gasteiger partial charge in [0.25, 0.3) is 35.4 Å². The van der Waals surface area contributed by atoms with Gasteiger partial charge in [0.1, 0.15) is 40.1 Å². The van der Waals surface area contributed by atoms with E-state index in [9.17, 15) is 43.2 Å². The van der Waals surface area contributed by atoms with Gasteiger partial charge in [0.15, 0.2) is 0 Å². The number of fused-ring (bicyclic) bond motifs is 7. The van der Waals surface area contributed by atoms with Crippen molar-refractivity contribution in [3.63, 3.8) is 0 Å². The van der Waals surface area contributed by atoms with Gasteiger partial charge in [-0.3, -0.25) is 43.9 Å². The molecule has 11 aromatic rings. The number of rotatable bonds is 19. The number of carbonyl (C=O) groups excluding carboxylic acids is 9. The van der Waals surface area contributed by atoms with Crippen LogP contribution in [0.25, 0.3) is 44.1 Å². The number of hydrogen-bond acceptors (Lipinski definition) is 17. The van der Waals surface area contributed by atoms with Crippen LogP contribution in [0, 0.1) is 0 Å². The van der Waals surface area contributed by atoms with Gasteiger partial charge in [0.05, 0.1) is 118 Å². The molecule has 9 amide bonds. The Kier molecular flexibility index (Phi) is 41.1. The van der Waals surface area contributed by atoms with Gasteiger partial charge in [0.2, 0.25) is 0 Å². The third kappa shape index (κ3) is 28.1. The molecule has 0 saturated carbocycles. The number of imide groups is 3. The summed E-state index contributed by atoms with van der Waals surface area (Å²) in [5, 5.41) is 9.65. The second-order valence-corrected chi connectivity index (χ2v) is 42.2. The summed E-state index contributed by atoms with van der Waals surface area (Å²) in [7, 11) is 0. The maximum atomic E-state index is 12.7. The Labute approximate surface area is 905 Å². The molecular weight excluding hydrogens is 2120 g/mol. The van der Waals surface area contributed by atoms with Gasteiger partial charge in [0, 0.05) is 95.7 Å². The molecule has 0 aliphatic carbocycles. The van der Waals surface area contributed by atoms with Crippen molar-refractivity contribution in [1.82, 2.24) is 73.8 Å². The molecular formula is C101H119Cl10IN15NaO12. The monoisotopic (exact) mass is 2230 g/mol. The van der Waals surface area contributed by atoms with E-state index in [4.69, 9.17) is 122 Å². The minimum absolute atomic E-state index is 0. The minimum atomic E-state index is -0.534. The van der Waals surface area contributed by atoms with E-state index in [-0.39, 0.29) is 129 Å². The quantitative estimate of drug-likeness (QED) is 0.0169. The van der Waals surface area contributed by atoms with Gasteiger partial charge >= 0.3 is 47.8 Å². The molecule has 4 saturated heterocycles. The predicted octanol–water partition coefficient (Wildman–Crippen LogP) is 22.6. The maximum Gasteiger partial charge on any atom is 1.00 e. The van der Waals surface area contributed by atoms with Crippen LogP contribution in [-0.4, -0.2) is 204 Å². The fourth-order valence-electron chi connectivity index (χ4n) is 17.9. The summed E-state index contributed by atoms with van der Waals surface area (Å²) in [5.41, 5.74) is 8.53. The number of imidazole rings is 4. The van der Waals surface area contributed by atoms with Crippen molar-refractivity contribution in [2.45, 2.75) is 226 Å². The number of carbonyl (C=O) groups is 9. The zero-order valence-corrected chi connectivity index (χ0v) is 91.2. The molecule has 0 atom stereocenters. The molecule has 11 heterocycles. The molecule has 3 N–H and O–H groups in total. The Morgan fingerprint density at radius 3 is 0.979 bits per heavy atom. The Morgan fingerprint density at radius 1 is 0.379 bits per heavy atom. The van der Waals surface area contributed by atoms with Crippen molar-refractivity contribution in [2.24, 2.45) is 0 Å². The number of benzene rings is 7. The van der Waals surface area contributed by atoms with E-state index >= 15 is 0 Å². The Bertz CT molecular complexity index is 6190. The molecule has 18 rings (SSSR count).